The zero-order chi connectivity index (χ0) is 9.84. The molecule has 13 heavy (non-hydrogen) atoms. The predicted octanol–water partition coefficient (Wildman–Crippen LogP) is 2.11. The summed E-state index contributed by atoms with van der Waals surface area (Å²) in [4.78, 5) is 13.2. The zero-order valence-corrected chi connectivity index (χ0v) is 7.30. The Morgan fingerprint density at radius 3 is 2.77 bits per heavy atom. The highest BCUT2D eigenvalue weighted by Gasteiger charge is 2.06. The van der Waals surface area contributed by atoms with Crippen molar-refractivity contribution < 1.29 is 13.9 Å². The van der Waals surface area contributed by atoms with Gasteiger partial charge in [0, 0.05) is 6.07 Å². The van der Waals surface area contributed by atoms with Gasteiger partial charge in [0.05, 0.1) is 7.11 Å². The van der Waals surface area contributed by atoms with Gasteiger partial charge in [0.1, 0.15) is 11.4 Å². The fraction of sp³-hybridized carbons (Fsp3) is 0.222. The van der Waals surface area contributed by atoms with Crippen molar-refractivity contribution in [2.24, 2.45) is 4.99 Å². The molecule has 0 saturated heterocycles. The molecule has 0 unspecified atom stereocenters. The van der Waals surface area contributed by atoms with Gasteiger partial charge in [-0.3, -0.25) is 0 Å². The SMILES string of the molecule is COc1cc(C)c(F)c(N=C=O)c1. The average molecular weight is 181 g/mol. The van der Waals surface area contributed by atoms with E-state index >= 15 is 0 Å². The number of isocyanates is 1. The number of aliphatic imine (C=N–C) groups is 1. The Morgan fingerprint density at radius 2 is 2.23 bits per heavy atom. The second-order valence-electron chi connectivity index (χ2n) is 2.48. The molecule has 0 saturated carbocycles. The summed E-state index contributed by atoms with van der Waals surface area (Å²) in [6, 6.07) is 2.87. The summed E-state index contributed by atoms with van der Waals surface area (Å²) in [5, 5.41) is 0. The summed E-state index contributed by atoms with van der Waals surface area (Å²) < 4.78 is 18.1. The quantitative estimate of drug-likeness (QED) is 0.517. The van der Waals surface area contributed by atoms with E-state index in [1.54, 1.807) is 6.92 Å². The summed E-state index contributed by atoms with van der Waals surface area (Å²) in [7, 11) is 1.46. The number of methoxy groups -OCH3 is 1. The number of ether oxygens (including phenoxy) is 1. The lowest BCUT2D eigenvalue weighted by molar-refractivity contribution is 0.413. The first-order chi connectivity index (χ1) is 6.19. The Bertz CT molecular complexity index is 370. The largest absolute Gasteiger partial charge is 0.497 e. The number of hydrogen-bond donors (Lipinski definition) is 0. The van der Waals surface area contributed by atoms with Crippen molar-refractivity contribution in [1.29, 1.82) is 0 Å². The van der Waals surface area contributed by atoms with Crippen molar-refractivity contribution in [3.63, 3.8) is 0 Å². The van der Waals surface area contributed by atoms with Gasteiger partial charge in [0.25, 0.3) is 0 Å². The van der Waals surface area contributed by atoms with Crippen molar-refractivity contribution in [1.82, 2.24) is 0 Å². The van der Waals surface area contributed by atoms with E-state index in [2.05, 4.69) is 4.99 Å². The molecule has 1 aromatic rings. The molecule has 0 bridgehead atoms. The van der Waals surface area contributed by atoms with Crippen LogP contribution in [0.15, 0.2) is 17.1 Å². The summed E-state index contributed by atoms with van der Waals surface area (Å²) in [6.45, 7) is 1.57. The minimum atomic E-state index is -0.524. The van der Waals surface area contributed by atoms with Gasteiger partial charge in [0.15, 0.2) is 5.82 Å². The van der Waals surface area contributed by atoms with E-state index in [0.717, 1.165) is 0 Å². The van der Waals surface area contributed by atoms with Crippen LogP contribution >= 0.6 is 0 Å². The van der Waals surface area contributed by atoms with Crippen LogP contribution in [0.3, 0.4) is 0 Å². The van der Waals surface area contributed by atoms with E-state index in [4.69, 9.17) is 4.74 Å². The molecular weight excluding hydrogens is 173 g/mol. The van der Waals surface area contributed by atoms with Gasteiger partial charge in [-0.1, -0.05) is 0 Å². The summed E-state index contributed by atoms with van der Waals surface area (Å²) in [5.74, 6) is -0.0583. The maximum absolute atomic E-state index is 13.2. The summed E-state index contributed by atoms with van der Waals surface area (Å²) >= 11 is 0. The van der Waals surface area contributed by atoms with Crippen molar-refractivity contribution in [2.75, 3.05) is 7.11 Å². The van der Waals surface area contributed by atoms with Crippen molar-refractivity contribution in [2.45, 2.75) is 6.92 Å². The first-order valence-electron chi connectivity index (χ1n) is 3.61. The van der Waals surface area contributed by atoms with E-state index in [0.29, 0.717) is 11.3 Å². The van der Waals surface area contributed by atoms with Crippen LogP contribution in [-0.2, 0) is 4.79 Å². The highest BCUT2D eigenvalue weighted by Crippen LogP contribution is 2.26. The Balaban J connectivity index is 3.32. The van der Waals surface area contributed by atoms with Crippen LogP contribution in [0.5, 0.6) is 5.75 Å². The lowest BCUT2D eigenvalue weighted by Gasteiger charge is -2.03. The van der Waals surface area contributed by atoms with Crippen LogP contribution in [0.1, 0.15) is 5.56 Å². The summed E-state index contributed by atoms with van der Waals surface area (Å²) in [6.07, 6.45) is 1.28. The molecular formula is C9H8FNO2. The minimum Gasteiger partial charge on any atom is -0.497 e. The normalized spacial score (nSPS) is 9.15. The predicted molar refractivity (Wildman–Crippen MR) is 45.5 cm³/mol. The molecule has 0 heterocycles. The molecule has 0 atom stereocenters. The molecule has 0 N–H and O–H groups in total. The van der Waals surface area contributed by atoms with Gasteiger partial charge < -0.3 is 4.74 Å². The van der Waals surface area contributed by atoms with Gasteiger partial charge >= 0.3 is 0 Å². The highest BCUT2D eigenvalue weighted by atomic mass is 19.1. The number of rotatable bonds is 2. The Morgan fingerprint density at radius 1 is 1.54 bits per heavy atom. The third-order valence-electron chi connectivity index (χ3n) is 1.61. The molecule has 0 aliphatic carbocycles. The van der Waals surface area contributed by atoms with Gasteiger partial charge in [0.2, 0.25) is 6.08 Å². The van der Waals surface area contributed by atoms with E-state index in [-0.39, 0.29) is 5.69 Å². The van der Waals surface area contributed by atoms with Crippen LogP contribution in [0.25, 0.3) is 0 Å². The minimum absolute atomic E-state index is 0.0492. The third-order valence-corrected chi connectivity index (χ3v) is 1.61. The van der Waals surface area contributed by atoms with Crippen molar-refractivity contribution in [3.05, 3.63) is 23.5 Å². The standard InChI is InChI=1S/C9H8FNO2/c1-6-3-7(13-2)4-8(9(6)10)11-5-12/h3-4H,1-2H3. The summed E-state index contributed by atoms with van der Waals surface area (Å²) in [5.41, 5.74) is 0.334. The Kier molecular flexibility index (Phi) is 2.77. The van der Waals surface area contributed by atoms with E-state index in [1.807, 2.05) is 0 Å². The van der Waals surface area contributed by atoms with E-state index < -0.39 is 5.82 Å². The third kappa shape index (κ3) is 1.92. The lowest BCUT2D eigenvalue weighted by atomic mass is 10.2. The molecule has 3 nitrogen and oxygen atoms in total. The second-order valence-corrected chi connectivity index (χ2v) is 2.48. The van der Waals surface area contributed by atoms with Crippen molar-refractivity contribution >= 4 is 11.8 Å². The van der Waals surface area contributed by atoms with Crippen LogP contribution in [0, 0.1) is 12.7 Å². The van der Waals surface area contributed by atoms with Gasteiger partial charge in [-0.15, -0.1) is 0 Å². The number of nitrogens with zero attached hydrogens (tertiary/aromatic N) is 1. The Hall–Kier alpha value is -1.67. The average Bonchev–Trinajstić information content (AvgIpc) is 2.13. The van der Waals surface area contributed by atoms with Crippen LogP contribution in [0.4, 0.5) is 10.1 Å². The molecule has 0 aromatic heterocycles. The molecule has 4 heteroatoms. The first kappa shape index (κ1) is 9.42. The fourth-order valence-corrected chi connectivity index (χ4v) is 0.967. The van der Waals surface area contributed by atoms with Crippen LogP contribution in [0.2, 0.25) is 0 Å². The van der Waals surface area contributed by atoms with Crippen LogP contribution in [-0.4, -0.2) is 13.2 Å². The zero-order valence-electron chi connectivity index (χ0n) is 7.30. The first-order valence-corrected chi connectivity index (χ1v) is 3.61. The maximum atomic E-state index is 13.2. The smallest absolute Gasteiger partial charge is 0.240 e. The topological polar surface area (TPSA) is 38.7 Å². The highest BCUT2D eigenvalue weighted by molar-refractivity contribution is 5.54. The molecule has 0 spiro atoms. The molecule has 1 rings (SSSR count). The molecule has 1 aromatic carbocycles. The second kappa shape index (κ2) is 3.83. The number of halogens is 1. The Labute approximate surface area is 74.9 Å². The number of carbonyl (C=O) groups excluding carboxylic acids is 1. The monoisotopic (exact) mass is 181 g/mol. The molecule has 0 aliphatic heterocycles. The number of hydrogen-bond acceptors (Lipinski definition) is 3. The number of benzene rings is 1. The van der Waals surface area contributed by atoms with Gasteiger partial charge in [-0.2, -0.15) is 4.99 Å². The molecule has 0 radical (unpaired) electrons. The maximum Gasteiger partial charge on any atom is 0.240 e. The van der Waals surface area contributed by atoms with Crippen molar-refractivity contribution in [3.8, 4) is 5.75 Å². The van der Waals surface area contributed by atoms with Crippen LogP contribution < -0.4 is 4.74 Å². The molecule has 0 fully saturated rings. The fourth-order valence-electron chi connectivity index (χ4n) is 0.967. The van der Waals surface area contributed by atoms with Gasteiger partial charge in [-0.25, -0.2) is 9.18 Å². The lowest BCUT2D eigenvalue weighted by Crippen LogP contribution is -1.87. The molecule has 0 aliphatic rings. The van der Waals surface area contributed by atoms with E-state index in [9.17, 15) is 9.18 Å². The van der Waals surface area contributed by atoms with Gasteiger partial charge in [-0.05, 0) is 18.6 Å². The molecule has 0 amide bonds. The molecule has 68 valence electrons. The van der Waals surface area contributed by atoms with E-state index in [1.165, 1.54) is 25.3 Å². The number of aryl methyl sites for hydroxylation is 1.